The largest absolute Gasteiger partial charge is 0.342 e. The second kappa shape index (κ2) is 8.62. The van der Waals surface area contributed by atoms with Crippen LogP contribution in [0, 0.1) is 0 Å². The van der Waals surface area contributed by atoms with Crippen LogP contribution in [0.25, 0.3) is 44.6 Å². The Bertz CT molecular complexity index is 1830. The predicted molar refractivity (Wildman–Crippen MR) is 141 cm³/mol. The number of hydrogen-bond donors (Lipinski definition) is 0. The minimum absolute atomic E-state index is 0.315. The van der Waals surface area contributed by atoms with Crippen LogP contribution >= 0.6 is 23.5 Å². The Morgan fingerprint density at radius 3 is 2.21 bits per heavy atom. The van der Waals surface area contributed by atoms with Crippen LogP contribution in [0.15, 0.2) is 48.8 Å². The van der Waals surface area contributed by atoms with Gasteiger partial charge in [0, 0.05) is 11.1 Å². The Kier molecular flexibility index (Phi) is 5.12. The fourth-order valence-corrected chi connectivity index (χ4v) is 6.40. The molecule has 0 aliphatic carbocycles. The summed E-state index contributed by atoms with van der Waals surface area (Å²) >= 11 is 2.35. The lowest BCUT2D eigenvalue weighted by Crippen LogP contribution is -2.34. The maximum Gasteiger partial charge on any atom is 0.189 e. The van der Waals surface area contributed by atoms with E-state index >= 15 is 0 Å². The van der Waals surface area contributed by atoms with E-state index in [0.29, 0.717) is 17.9 Å². The van der Waals surface area contributed by atoms with Gasteiger partial charge in [-0.1, -0.05) is 34.7 Å². The van der Waals surface area contributed by atoms with Crippen LogP contribution in [-0.4, -0.2) is 71.8 Å². The third-order valence-electron chi connectivity index (χ3n) is 6.96. The van der Waals surface area contributed by atoms with Crippen molar-refractivity contribution in [3.63, 3.8) is 0 Å². The molecule has 6 heterocycles. The quantitative estimate of drug-likeness (QED) is 0.306. The van der Waals surface area contributed by atoms with Crippen molar-refractivity contribution >= 4 is 45.5 Å². The molecular weight excluding hydrogens is 540 g/mol. The van der Waals surface area contributed by atoms with Crippen LogP contribution in [-0.2, 0) is 20.8 Å². The van der Waals surface area contributed by atoms with Crippen molar-refractivity contribution in [2.24, 2.45) is 0 Å². The normalized spacial score (nSPS) is 24.2. The molecule has 0 amide bonds. The van der Waals surface area contributed by atoms with E-state index in [0.717, 1.165) is 33.2 Å². The fraction of sp³-hybridized carbons (Fsp3) is 0.333. The van der Waals surface area contributed by atoms with Crippen LogP contribution in [0.5, 0.6) is 0 Å². The van der Waals surface area contributed by atoms with E-state index in [9.17, 15) is 0 Å². The molecule has 0 bridgehead atoms. The highest BCUT2D eigenvalue weighted by Crippen LogP contribution is 2.43. The minimum atomic E-state index is -0.777. The summed E-state index contributed by atoms with van der Waals surface area (Å²) in [6.07, 6.45) is 2.49. The highest BCUT2D eigenvalue weighted by atomic mass is 32.1. The maximum atomic E-state index is 6.37. The van der Waals surface area contributed by atoms with Crippen molar-refractivity contribution in [2.45, 2.75) is 50.7 Å². The molecule has 0 N–H and O–H groups in total. The topological polar surface area (TPSA) is 141 Å². The van der Waals surface area contributed by atoms with Crippen LogP contribution < -0.4 is 0 Å². The lowest BCUT2D eigenvalue weighted by Gasteiger charge is -2.25. The zero-order valence-corrected chi connectivity index (χ0v) is 22.3. The molecule has 8 rings (SSSR count). The first-order chi connectivity index (χ1) is 19.0. The second-order valence-electron chi connectivity index (χ2n) is 9.92. The van der Waals surface area contributed by atoms with E-state index in [1.165, 1.54) is 23.5 Å². The molecule has 2 aromatic carbocycles. The van der Waals surface area contributed by atoms with Gasteiger partial charge in [0.2, 0.25) is 0 Å². The van der Waals surface area contributed by atoms with Crippen molar-refractivity contribution in [1.29, 1.82) is 0 Å². The molecule has 0 unspecified atom stereocenters. The van der Waals surface area contributed by atoms with Crippen molar-refractivity contribution < 1.29 is 14.2 Å². The highest BCUT2D eigenvalue weighted by Gasteiger charge is 2.56. The summed E-state index contributed by atoms with van der Waals surface area (Å²) in [6.45, 7) is 4.16. The Labute approximate surface area is 229 Å². The molecule has 15 heteroatoms. The Morgan fingerprint density at radius 2 is 1.49 bits per heavy atom. The Hall–Kier alpha value is -3.76. The van der Waals surface area contributed by atoms with Crippen molar-refractivity contribution in [3.05, 3.63) is 48.8 Å². The molecule has 2 aliphatic heterocycles. The molecule has 2 saturated heterocycles. The van der Waals surface area contributed by atoms with E-state index in [-0.39, 0.29) is 18.2 Å². The minimum Gasteiger partial charge on any atom is -0.342 e. The first-order valence-corrected chi connectivity index (χ1v) is 13.7. The van der Waals surface area contributed by atoms with Crippen LogP contribution in [0.3, 0.4) is 0 Å². The summed E-state index contributed by atoms with van der Waals surface area (Å²) in [4.78, 5) is 0. The number of fused-ring (bicyclic) bond motifs is 3. The van der Waals surface area contributed by atoms with Gasteiger partial charge >= 0.3 is 0 Å². The van der Waals surface area contributed by atoms with Gasteiger partial charge < -0.3 is 14.2 Å². The number of ether oxygens (including phenoxy) is 3. The molecule has 6 aromatic rings. The number of nitrogens with zero attached hydrogens (tertiary/aromatic N) is 10. The van der Waals surface area contributed by atoms with E-state index in [1.54, 1.807) is 9.36 Å². The maximum absolute atomic E-state index is 6.37. The number of benzene rings is 2. The van der Waals surface area contributed by atoms with Gasteiger partial charge in [-0.25, -0.2) is 9.36 Å². The fourth-order valence-electron chi connectivity index (χ4n) is 5.30. The number of hydrogen-bond acceptors (Lipinski definition) is 13. The summed E-state index contributed by atoms with van der Waals surface area (Å²) < 4.78 is 39.8. The SMILES string of the molecule is CC1(C)O[C@H]2O[C@H](Cn3cc(-c4cccc5nsnc45)nn3)[C@H](n3cc(-c4cccc5nsnc45)nn3)[C@H]2O1. The Balaban J connectivity index is 1.12. The highest BCUT2D eigenvalue weighted by molar-refractivity contribution is 7.00. The summed E-state index contributed by atoms with van der Waals surface area (Å²) in [7, 11) is 0. The van der Waals surface area contributed by atoms with Crippen molar-refractivity contribution in [1.82, 2.24) is 47.5 Å². The Morgan fingerprint density at radius 1 is 0.821 bits per heavy atom. The zero-order valence-electron chi connectivity index (χ0n) is 20.6. The molecule has 4 aromatic heterocycles. The molecule has 0 saturated carbocycles. The van der Waals surface area contributed by atoms with E-state index in [2.05, 4.69) is 38.1 Å². The van der Waals surface area contributed by atoms with Gasteiger partial charge in [-0.05, 0) is 26.0 Å². The monoisotopic (exact) mass is 560 g/mol. The van der Waals surface area contributed by atoms with Gasteiger partial charge in [-0.15, -0.1) is 10.2 Å². The molecule has 0 spiro atoms. The van der Waals surface area contributed by atoms with Gasteiger partial charge in [0.05, 0.1) is 42.4 Å². The van der Waals surface area contributed by atoms with Gasteiger partial charge in [-0.2, -0.15) is 17.5 Å². The van der Waals surface area contributed by atoms with E-state index < -0.39 is 12.1 Å². The third-order valence-corrected chi connectivity index (χ3v) is 8.05. The lowest BCUT2D eigenvalue weighted by atomic mass is 10.1. The smallest absolute Gasteiger partial charge is 0.189 e. The molecule has 196 valence electrons. The molecule has 13 nitrogen and oxygen atoms in total. The van der Waals surface area contributed by atoms with Crippen LogP contribution in [0.1, 0.15) is 19.9 Å². The van der Waals surface area contributed by atoms with Gasteiger partial charge in [0.15, 0.2) is 12.1 Å². The number of aromatic nitrogens is 10. The molecular formula is C24H20N10O3S2. The molecule has 4 atom stereocenters. The molecule has 2 aliphatic rings. The van der Waals surface area contributed by atoms with E-state index in [4.69, 9.17) is 14.2 Å². The summed E-state index contributed by atoms with van der Waals surface area (Å²) in [5.41, 5.74) is 6.43. The van der Waals surface area contributed by atoms with Gasteiger partial charge in [0.25, 0.3) is 0 Å². The first kappa shape index (κ1) is 23.2. The summed E-state index contributed by atoms with van der Waals surface area (Å²) in [6, 6.07) is 11.4. The summed E-state index contributed by atoms with van der Waals surface area (Å²) in [5, 5.41) is 17.7. The van der Waals surface area contributed by atoms with Crippen molar-refractivity contribution in [2.75, 3.05) is 0 Å². The first-order valence-electron chi connectivity index (χ1n) is 12.3. The number of rotatable bonds is 5. The van der Waals surface area contributed by atoms with Gasteiger partial charge in [0.1, 0.15) is 51.7 Å². The standard InChI is InChI=1S/C24H20N10O3S2/c1-24(2)36-22-21(34-10-17(26-32-34)13-6-4-8-15-20(13)30-39-28-15)18(35-23(22)37-24)11-33-9-16(25-31-33)12-5-3-7-14-19(12)29-38-27-14/h3-10,18,21-23H,11H2,1-2H3/t18-,21+,22-,23-/m1/s1. The molecule has 0 radical (unpaired) electrons. The van der Waals surface area contributed by atoms with Crippen LogP contribution in [0.4, 0.5) is 0 Å². The third kappa shape index (κ3) is 3.84. The zero-order chi connectivity index (χ0) is 26.1. The van der Waals surface area contributed by atoms with Crippen molar-refractivity contribution in [3.8, 4) is 22.5 Å². The molecule has 39 heavy (non-hydrogen) atoms. The van der Waals surface area contributed by atoms with Crippen LogP contribution in [0.2, 0.25) is 0 Å². The predicted octanol–water partition coefficient (Wildman–Crippen LogP) is 3.33. The van der Waals surface area contributed by atoms with Gasteiger partial charge in [-0.3, -0.25) is 0 Å². The van der Waals surface area contributed by atoms with E-state index in [1.807, 2.05) is 62.6 Å². The second-order valence-corrected chi connectivity index (χ2v) is 11.0. The average Bonchev–Trinajstić information content (AvgIpc) is 3.75. The summed E-state index contributed by atoms with van der Waals surface area (Å²) in [5.74, 6) is -0.777. The lowest BCUT2D eigenvalue weighted by molar-refractivity contribution is -0.210. The average molecular weight is 561 g/mol. The molecule has 2 fully saturated rings.